The molecule has 4 aliphatic rings. The summed E-state index contributed by atoms with van der Waals surface area (Å²) in [5.41, 5.74) is 1.28. The number of benzene rings is 1. The molecule has 0 radical (unpaired) electrons. The summed E-state index contributed by atoms with van der Waals surface area (Å²) in [6.07, 6.45) is 6.78. The topological polar surface area (TPSA) is 98.7 Å². The standard InChI is InChI=1S/C23H29N3O4/c27-19-7-6-18(20(28)25-19)26-13-15-12-16(4-5-17(15)21(26)29)23(30)10-11-24-14-22(23)8-2-1-3-9-22/h4-5,12,18,24,30H,1-3,6-11,13-14H2,(H,25,27,28). The first-order chi connectivity index (χ1) is 14.4. The van der Waals surface area contributed by atoms with Crippen LogP contribution in [0.2, 0.25) is 0 Å². The smallest absolute Gasteiger partial charge is 0.255 e. The molecule has 3 fully saturated rings. The normalized spacial score (nSPS) is 31.0. The zero-order chi connectivity index (χ0) is 20.9. The van der Waals surface area contributed by atoms with Crippen molar-refractivity contribution in [2.24, 2.45) is 5.41 Å². The van der Waals surface area contributed by atoms with Gasteiger partial charge in [-0.15, -0.1) is 0 Å². The second-order valence-electron chi connectivity index (χ2n) is 9.40. The number of carbonyl (C=O) groups excluding carboxylic acids is 3. The van der Waals surface area contributed by atoms with E-state index in [1.807, 2.05) is 18.2 Å². The molecule has 30 heavy (non-hydrogen) atoms. The molecule has 2 atom stereocenters. The predicted octanol–water partition coefficient (Wildman–Crippen LogP) is 1.58. The number of rotatable bonds is 2. The van der Waals surface area contributed by atoms with Crippen LogP contribution in [0.4, 0.5) is 0 Å². The van der Waals surface area contributed by atoms with Crippen molar-refractivity contribution in [3.05, 3.63) is 34.9 Å². The number of nitrogens with zero attached hydrogens (tertiary/aromatic N) is 1. The lowest BCUT2D eigenvalue weighted by molar-refractivity contribution is -0.137. The zero-order valence-electron chi connectivity index (χ0n) is 17.2. The van der Waals surface area contributed by atoms with E-state index < -0.39 is 17.6 Å². The van der Waals surface area contributed by atoms with E-state index in [4.69, 9.17) is 0 Å². The average molecular weight is 412 g/mol. The minimum absolute atomic E-state index is 0.163. The van der Waals surface area contributed by atoms with Crippen molar-refractivity contribution < 1.29 is 19.5 Å². The Morgan fingerprint density at radius 3 is 2.63 bits per heavy atom. The van der Waals surface area contributed by atoms with E-state index in [9.17, 15) is 19.5 Å². The van der Waals surface area contributed by atoms with Gasteiger partial charge in [-0.25, -0.2) is 0 Å². The van der Waals surface area contributed by atoms with Crippen LogP contribution in [0.3, 0.4) is 0 Å². The van der Waals surface area contributed by atoms with Gasteiger partial charge in [0.05, 0.1) is 5.60 Å². The monoisotopic (exact) mass is 411 g/mol. The third-order valence-electron chi connectivity index (χ3n) is 7.82. The van der Waals surface area contributed by atoms with E-state index in [0.717, 1.165) is 49.9 Å². The molecule has 1 aliphatic carbocycles. The zero-order valence-corrected chi connectivity index (χ0v) is 17.2. The molecule has 3 heterocycles. The Balaban J connectivity index is 1.45. The maximum atomic E-state index is 13.0. The first-order valence-electron chi connectivity index (χ1n) is 11.1. The van der Waals surface area contributed by atoms with Crippen LogP contribution in [0, 0.1) is 5.41 Å². The van der Waals surface area contributed by atoms with Gasteiger partial charge in [0.25, 0.3) is 5.91 Å². The van der Waals surface area contributed by atoms with Gasteiger partial charge in [0.15, 0.2) is 0 Å². The lowest BCUT2D eigenvalue weighted by Gasteiger charge is -2.53. The first-order valence-corrected chi connectivity index (χ1v) is 11.1. The molecule has 7 nitrogen and oxygen atoms in total. The quantitative estimate of drug-likeness (QED) is 0.642. The molecular weight excluding hydrogens is 382 g/mol. The molecular formula is C23H29N3O4. The third-order valence-corrected chi connectivity index (χ3v) is 7.82. The fourth-order valence-electron chi connectivity index (χ4n) is 6.11. The highest BCUT2D eigenvalue weighted by Crippen LogP contribution is 2.53. The molecule has 2 saturated heterocycles. The Kier molecular flexibility index (Phi) is 4.71. The molecule has 0 aromatic heterocycles. The van der Waals surface area contributed by atoms with Gasteiger partial charge in [-0.05, 0) is 49.4 Å². The van der Waals surface area contributed by atoms with Crippen molar-refractivity contribution in [3.63, 3.8) is 0 Å². The summed E-state index contributed by atoms with van der Waals surface area (Å²) >= 11 is 0. The van der Waals surface area contributed by atoms with E-state index in [0.29, 0.717) is 24.9 Å². The van der Waals surface area contributed by atoms with Crippen LogP contribution in [-0.2, 0) is 21.7 Å². The molecule has 3 amide bonds. The van der Waals surface area contributed by atoms with Gasteiger partial charge in [-0.1, -0.05) is 31.4 Å². The SMILES string of the molecule is O=C1CCC(N2Cc3cc(C4(O)CCNCC45CCCCC5)ccc3C2=O)C(=O)N1. The van der Waals surface area contributed by atoms with Crippen LogP contribution in [0.25, 0.3) is 0 Å². The molecule has 3 N–H and O–H groups in total. The van der Waals surface area contributed by atoms with E-state index in [1.165, 1.54) is 6.42 Å². The number of aliphatic hydroxyl groups is 1. The fraction of sp³-hybridized carbons (Fsp3) is 0.609. The lowest BCUT2D eigenvalue weighted by atomic mass is 9.58. The Labute approximate surface area is 176 Å². The Bertz CT molecular complexity index is 899. The van der Waals surface area contributed by atoms with Crippen LogP contribution in [0.1, 0.15) is 72.9 Å². The summed E-state index contributed by atoms with van der Waals surface area (Å²) in [6.45, 7) is 1.94. The van der Waals surface area contributed by atoms with Crippen molar-refractivity contribution in [1.82, 2.24) is 15.5 Å². The number of hydrogen-bond donors (Lipinski definition) is 3. The van der Waals surface area contributed by atoms with Crippen LogP contribution >= 0.6 is 0 Å². The Hall–Kier alpha value is -2.25. The summed E-state index contributed by atoms with van der Waals surface area (Å²) in [7, 11) is 0. The molecule has 1 aromatic rings. The second kappa shape index (κ2) is 7.17. The van der Waals surface area contributed by atoms with Crippen molar-refractivity contribution in [3.8, 4) is 0 Å². The number of piperidine rings is 2. The fourth-order valence-corrected chi connectivity index (χ4v) is 6.11. The molecule has 1 saturated carbocycles. The molecule has 7 heteroatoms. The van der Waals surface area contributed by atoms with Gasteiger partial charge in [-0.3, -0.25) is 19.7 Å². The minimum Gasteiger partial charge on any atom is -0.384 e. The van der Waals surface area contributed by atoms with Gasteiger partial charge in [0.1, 0.15) is 6.04 Å². The molecule has 1 aromatic carbocycles. The van der Waals surface area contributed by atoms with E-state index in [-0.39, 0.29) is 23.7 Å². The molecule has 160 valence electrons. The van der Waals surface area contributed by atoms with Crippen molar-refractivity contribution >= 4 is 17.7 Å². The third kappa shape index (κ3) is 2.90. The van der Waals surface area contributed by atoms with Crippen LogP contribution < -0.4 is 10.6 Å². The van der Waals surface area contributed by atoms with Crippen LogP contribution in [-0.4, -0.2) is 46.9 Å². The van der Waals surface area contributed by atoms with Gasteiger partial charge >= 0.3 is 0 Å². The van der Waals surface area contributed by atoms with Crippen molar-refractivity contribution in [1.29, 1.82) is 0 Å². The number of carbonyl (C=O) groups is 3. The Morgan fingerprint density at radius 2 is 1.87 bits per heavy atom. The molecule has 1 spiro atoms. The Morgan fingerprint density at radius 1 is 1.07 bits per heavy atom. The highest BCUT2D eigenvalue weighted by molar-refractivity contribution is 6.05. The summed E-state index contributed by atoms with van der Waals surface area (Å²) in [5, 5.41) is 17.8. The van der Waals surface area contributed by atoms with Gasteiger partial charge in [0.2, 0.25) is 11.8 Å². The summed E-state index contributed by atoms with van der Waals surface area (Å²) in [4.78, 5) is 38.3. The lowest BCUT2D eigenvalue weighted by Crippen LogP contribution is -2.57. The van der Waals surface area contributed by atoms with Gasteiger partial charge < -0.3 is 15.3 Å². The number of hydrogen-bond acceptors (Lipinski definition) is 5. The first kappa shape index (κ1) is 19.7. The molecule has 5 rings (SSSR count). The highest BCUT2D eigenvalue weighted by atomic mass is 16.3. The summed E-state index contributed by atoms with van der Waals surface area (Å²) in [6, 6.07) is 5.10. The number of fused-ring (bicyclic) bond motifs is 1. The largest absolute Gasteiger partial charge is 0.384 e. The van der Waals surface area contributed by atoms with Crippen LogP contribution in [0.15, 0.2) is 18.2 Å². The van der Waals surface area contributed by atoms with E-state index in [2.05, 4.69) is 10.6 Å². The maximum absolute atomic E-state index is 13.0. The number of amides is 3. The molecule has 2 unspecified atom stereocenters. The molecule has 3 aliphatic heterocycles. The maximum Gasteiger partial charge on any atom is 0.255 e. The van der Waals surface area contributed by atoms with Gasteiger partial charge in [0, 0.05) is 30.5 Å². The molecule has 0 bridgehead atoms. The summed E-state index contributed by atoms with van der Waals surface area (Å²) < 4.78 is 0. The number of imide groups is 1. The van der Waals surface area contributed by atoms with E-state index >= 15 is 0 Å². The summed E-state index contributed by atoms with van der Waals surface area (Å²) in [5.74, 6) is -0.852. The van der Waals surface area contributed by atoms with Crippen molar-refractivity contribution in [2.45, 2.75) is 69.6 Å². The number of nitrogens with one attached hydrogen (secondary N) is 2. The van der Waals surface area contributed by atoms with E-state index in [1.54, 1.807) is 4.90 Å². The average Bonchev–Trinajstić information content (AvgIpc) is 3.07. The second-order valence-corrected chi connectivity index (χ2v) is 9.40. The van der Waals surface area contributed by atoms with Gasteiger partial charge in [-0.2, -0.15) is 0 Å². The predicted molar refractivity (Wildman–Crippen MR) is 109 cm³/mol. The highest BCUT2D eigenvalue weighted by Gasteiger charge is 2.53. The minimum atomic E-state index is -0.904. The van der Waals surface area contributed by atoms with Crippen molar-refractivity contribution in [2.75, 3.05) is 13.1 Å². The van der Waals surface area contributed by atoms with Crippen LogP contribution in [0.5, 0.6) is 0 Å².